The fourth-order valence-electron chi connectivity index (χ4n) is 1.88. The van der Waals surface area contributed by atoms with E-state index in [1.165, 1.54) is 0 Å². The van der Waals surface area contributed by atoms with Crippen LogP contribution in [0.1, 0.15) is 39.4 Å². The van der Waals surface area contributed by atoms with Crippen molar-refractivity contribution in [2.24, 2.45) is 0 Å². The maximum Gasteiger partial charge on any atom is 0.165 e. The molecule has 2 aromatic heterocycles. The van der Waals surface area contributed by atoms with Crippen LogP contribution in [0.4, 0.5) is 5.82 Å². The predicted molar refractivity (Wildman–Crippen MR) is 84.9 cm³/mol. The minimum absolute atomic E-state index is 0.332. The lowest BCUT2D eigenvalue weighted by Crippen LogP contribution is -2.05. The van der Waals surface area contributed by atoms with Crippen LogP contribution in [0.15, 0.2) is 16.9 Å². The average Bonchev–Trinajstić information content (AvgIpc) is 2.91. The third-order valence-corrected chi connectivity index (χ3v) is 3.82. The molecule has 0 aliphatic rings. The van der Waals surface area contributed by atoms with E-state index in [1.54, 1.807) is 0 Å². The normalized spacial score (nSPS) is 11.1. The Hall–Kier alpha value is -1.43. The molecule has 2 aromatic rings. The molecule has 0 fully saturated rings. The number of rotatable bonds is 5. The van der Waals surface area contributed by atoms with Crippen molar-refractivity contribution < 1.29 is 0 Å². The number of hydrogen-bond acceptors (Lipinski definition) is 4. The first-order chi connectivity index (χ1) is 9.56. The average molecular weight is 338 g/mol. The largest absolute Gasteiger partial charge is 0.369 e. The lowest BCUT2D eigenvalue weighted by Gasteiger charge is -2.10. The van der Waals surface area contributed by atoms with Crippen molar-refractivity contribution in [2.45, 2.75) is 40.2 Å². The highest BCUT2D eigenvalue weighted by Crippen LogP contribution is 2.27. The van der Waals surface area contributed by atoms with Crippen LogP contribution >= 0.6 is 15.9 Å². The highest BCUT2D eigenvalue weighted by Gasteiger charge is 2.13. The summed E-state index contributed by atoms with van der Waals surface area (Å²) < 4.78 is 2.86. The van der Waals surface area contributed by atoms with E-state index < -0.39 is 0 Å². The number of nitrogens with zero attached hydrogens (tertiary/aromatic N) is 4. The third kappa shape index (κ3) is 3.00. The first-order valence-corrected chi connectivity index (χ1v) is 7.70. The van der Waals surface area contributed by atoms with Gasteiger partial charge in [0.2, 0.25) is 0 Å². The van der Waals surface area contributed by atoms with Crippen LogP contribution in [-0.2, 0) is 6.42 Å². The van der Waals surface area contributed by atoms with E-state index in [0.29, 0.717) is 11.9 Å². The lowest BCUT2D eigenvalue weighted by molar-refractivity contribution is 0.532. The first-order valence-electron chi connectivity index (χ1n) is 6.91. The monoisotopic (exact) mass is 337 g/mol. The summed E-state index contributed by atoms with van der Waals surface area (Å²) in [6.07, 6.45) is 4.66. The van der Waals surface area contributed by atoms with Gasteiger partial charge in [-0.3, -0.25) is 4.68 Å². The third-order valence-electron chi connectivity index (χ3n) is 2.99. The Bertz CT molecular complexity index is 591. The van der Waals surface area contributed by atoms with Gasteiger partial charge in [-0.1, -0.05) is 6.92 Å². The van der Waals surface area contributed by atoms with Crippen molar-refractivity contribution in [2.75, 3.05) is 11.9 Å². The van der Waals surface area contributed by atoms with E-state index in [1.807, 2.05) is 17.1 Å². The topological polar surface area (TPSA) is 55.6 Å². The molecule has 108 valence electrons. The van der Waals surface area contributed by atoms with Crippen LogP contribution in [0.3, 0.4) is 0 Å². The molecule has 0 saturated carbocycles. The molecule has 0 saturated heterocycles. The van der Waals surface area contributed by atoms with Gasteiger partial charge in [-0.05, 0) is 43.1 Å². The minimum atomic E-state index is 0.332. The summed E-state index contributed by atoms with van der Waals surface area (Å²) in [4.78, 5) is 9.22. The lowest BCUT2D eigenvalue weighted by atomic mass is 10.2. The maximum atomic E-state index is 4.63. The summed E-state index contributed by atoms with van der Waals surface area (Å²) in [6, 6.07) is 0.332. The summed E-state index contributed by atoms with van der Waals surface area (Å²) in [5.41, 5.74) is 1.95. The van der Waals surface area contributed by atoms with Gasteiger partial charge in [0, 0.05) is 18.8 Å². The van der Waals surface area contributed by atoms with Crippen molar-refractivity contribution in [3.05, 3.63) is 22.6 Å². The van der Waals surface area contributed by atoms with Gasteiger partial charge in [0.25, 0.3) is 0 Å². The molecule has 0 unspecified atom stereocenters. The SMILES string of the molecule is CCNc1nc(-c2cnn(C(C)C)c2)nc(CC)c1Br. The number of halogens is 1. The molecule has 0 radical (unpaired) electrons. The molecule has 0 spiro atoms. The molecule has 0 aliphatic heterocycles. The zero-order valence-electron chi connectivity index (χ0n) is 12.3. The second kappa shape index (κ2) is 6.35. The Kier molecular flexibility index (Phi) is 4.75. The summed E-state index contributed by atoms with van der Waals surface area (Å²) in [7, 11) is 0. The number of aromatic nitrogens is 4. The van der Waals surface area contributed by atoms with Gasteiger partial charge < -0.3 is 5.32 Å². The second-order valence-electron chi connectivity index (χ2n) is 4.84. The molecule has 6 heteroatoms. The molecule has 2 heterocycles. The minimum Gasteiger partial charge on any atom is -0.369 e. The van der Waals surface area contributed by atoms with E-state index in [0.717, 1.165) is 34.5 Å². The van der Waals surface area contributed by atoms with Crippen molar-refractivity contribution in [1.29, 1.82) is 0 Å². The summed E-state index contributed by atoms with van der Waals surface area (Å²) >= 11 is 3.57. The van der Waals surface area contributed by atoms with Gasteiger partial charge >= 0.3 is 0 Å². The first kappa shape index (κ1) is 15.0. The Morgan fingerprint density at radius 1 is 1.30 bits per heavy atom. The van der Waals surface area contributed by atoms with Crippen molar-refractivity contribution >= 4 is 21.7 Å². The van der Waals surface area contributed by atoms with Gasteiger partial charge in [-0.2, -0.15) is 5.10 Å². The summed E-state index contributed by atoms with van der Waals surface area (Å²) in [5.74, 6) is 1.56. The molecule has 5 nitrogen and oxygen atoms in total. The highest BCUT2D eigenvalue weighted by atomic mass is 79.9. The number of anilines is 1. The van der Waals surface area contributed by atoms with E-state index in [4.69, 9.17) is 0 Å². The Labute approximate surface area is 128 Å². The van der Waals surface area contributed by atoms with Crippen LogP contribution in [-0.4, -0.2) is 26.3 Å². The molecule has 0 atom stereocenters. The summed E-state index contributed by atoms with van der Waals surface area (Å²) in [6.45, 7) is 9.16. The predicted octanol–water partition coefficient (Wildman–Crippen LogP) is 3.68. The molecule has 1 N–H and O–H groups in total. The quantitative estimate of drug-likeness (QED) is 0.904. The van der Waals surface area contributed by atoms with Crippen LogP contribution in [0.25, 0.3) is 11.4 Å². The van der Waals surface area contributed by atoms with Crippen LogP contribution in [0, 0.1) is 0 Å². The zero-order valence-corrected chi connectivity index (χ0v) is 13.9. The van der Waals surface area contributed by atoms with Crippen molar-refractivity contribution in [3.8, 4) is 11.4 Å². The number of aryl methyl sites for hydroxylation is 1. The smallest absolute Gasteiger partial charge is 0.165 e. The van der Waals surface area contributed by atoms with Crippen LogP contribution in [0.2, 0.25) is 0 Å². The van der Waals surface area contributed by atoms with Gasteiger partial charge in [0.05, 0.1) is 21.9 Å². The van der Waals surface area contributed by atoms with Gasteiger partial charge in [-0.25, -0.2) is 9.97 Å². The van der Waals surface area contributed by atoms with E-state index >= 15 is 0 Å². The zero-order chi connectivity index (χ0) is 14.7. The molecule has 20 heavy (non-hydrogen) atoms. The van der Waals surface area contributed by atoms with Gasteiger partial charge in [0.15, 0.2) is 5.82 Å². The van der Waals surface area contributed by atoms with Crippen molar-refractivity contribution in [1.82, 2.24) is 19.7 Å². The molecule has 0 bridgehead atoms. The molecular formula is C14H20BrN5. The Morgan fingerprint density at radius 3 is 2.60 bits per heavy atom. The fraction of sp³-hybridized carbons (Fsp3) is 0.500. The fourth-order valence-corrected chi connectivity index (χ4v) is 2.48. The molecule has 0 aromatic carbocycles. The highest BCUT2D eigenvalue weighted by molar-refractivity contribution is 9.10. The van der Waals surface area contributed by atoms with Gasteiger partial charge in [0.1, 0.15) is 5.82 Å². The standard InChI is InChI=1S/C14H20BrN5/c1-5-11-12(15)14(16-6-2)19-13(18-11)10-7-17-20(8-10)9(3)4/h7-9H,5-6H2,1-4H3,(H,16,18,19). The molecule has 0 aliphatic carbocycles. The maximum absolute atomic E-state index is 4.63. The summed E-state index contributed by atoms with van der Waals surface area (Å²) in [5, 5.41) is 7.62. The van der Waals surface area contributed by atoms with E-state index in [9.17, 15) is 0 Å². The van der Waals surface area contributed by atoms with E-state index in [-0.39, 0.29) is 0 Å². The Morgan fingerprint density at radius 2 is 2.05 bits per heavy atom. The second-order valence-corrected chi connectivity index (χ2v) is 5.64. The number of nitrogens with one attached hydrogen (secondary N) is 1. The molecule has 0 amide bonds. The molecular weight excluding hydrogens is 318 g/mol. The van der Waals surface area contributed by atoms with E-state index in [2.05, 4.69) is 64.0 Å². The van der Waals surface area contributed by atoms with Crippen LogP contribution in [0.5, 0.6) is 0 Å². The Balaban J connectivity index is 2.47. The van der Waals surface area contributed by atoms with Crippen molar-refractivity contribution in [3.63, 3.8) is 0 Å². The van der Waals surface area contributed by atoms with Crippen LogP contribution < -0.4 is 5.32 Å². The number of hydrogen-bond donors (Lipinski definition) is 1. The van der Waals surface area contributed by atoms with Gasteiger partial charge in [-0.15, -0.1) is 0 Å². The molecule has 2 rings (SSSR count).